The minimum atomic E-state index is -5.08. The molecule has 4 N–H and O–H groups in total. The van der Waals surface area contributed by atoms with Gasteiger partial charge in [-0.2, -0.15) is 13.2 Å². The number of carboxylic acid groups (broad SMARTS) is 1. The molecule has 20 heteroatoms. The molecular weight excluding hydrogens is 688 g/mol. The average Bonchev–Trinajstić information content (AvgIpc) is 3.02. The number of likely N-dealkylation sites (tertiary alicyclic amines) is 1. The molecule has 0 bridgehead atoms. The molecule has 4 aliphatic heterocycles. The summed E-state index contributed by atoms with van der Waals surface area (Å²) in [6.07, 6.45) is -9.89. The number of barbiturate groups is 1. The lowest BCUT2D eigenvalue weighted by Crippen LogP contribution is -2.83. The average molecular weight is 720 g/mol. The molecule has 0 aromatic heterocycles. The molecule has 0 radical (unpaired) electrons. The van der Waals surface area contributed by atoms with Gasteiger partial charge in [-0.15, -0.1) is 13.2 Å². The van der Waals surface area contributed by atoms with Crippen molar-refractivity contribution in [2.24, 2.45) is 0 Å². The molecule has 1 unspecified atom stereocenters. The van der Waals surface area contributed by atoms with E-state index in [1.54, 1.807) is 17.0 Å². The number of aliphatic carboxylic acids is 1. The van der Waals surface area contributed by atoms with E-state index in [0.29, 0.717) is 57.3 Å². The first kappa shape index (κ1) is 36.8. The Kier molecular flexibility index (Phi) is 10.6. The smallest absolute Gasteiger partial charge is 0.475 e. The van der Waals surface area contributed by atoms with Gasteiger partial charge in [0, 0.05) is 39.3 Å². The van der Waals surface area contributed by atoms with E-state index < -0.39 is 53.2 Å². The van der Waals surface area contributed by atoms with Gasteiger partial charge in [0.25, 0.3) is 11.8 Å². The van der Waals surface area contributed by atoms with Gasteiger partial charge in [-0.3, -0.25) is 30.0 Å². The first-order valence-corrected chi connectivity index (χ1v) is 15.0. The van der Waals surface area contributed by atoms with Crippen molar-refractivity contribution in [1.82, 2.24) is 25.8 Å². The van der Waals surface area contributed by atoms with Gasteiger partial charge in [0.2, 0.25) is 5.54 Å². The molecule has 4 aliphatic rings. The Morgan fingerprint density at radius 1 is 0.900 bits per heavy atom. The van der Waals surface area contributed by atoms with Crippen LogP contribution in [0.4, 0.5) is 31.1 Å². The number of halogens is 6. The van der Waals surface area contributed by atoms with E-state index in [9.17, 15) is 40.7 Å². The molecule has 14 nitrogen and oxygen atoms in total. The number of carboxylic acids is 1. The van der Waals surface area contributed by atoms with Crippen molar-refractivity contribution in [3.8, 4) is 17.2 Å². The molecule has 4 heterocycles. The Hall–Kier alpha value is -4.50. The maximum Gasteiger partial charge on any atom is 0.573 e. The van der Waals surface area contributed by atoms with Crippen LogP contribution in [0.15, 0.2) is 48.5 Å². The van der Waals surface area contributed by atoms with Crippen molar-refractivity contribution in [1.29, 1.82) is 0 Å². The van der Waals surface area contributed by atoms with Gasteiger partial charge in [0.05, 0.1) is 31.5 Å². The highest BCUT2D eigenvalue weighted by atomic mass is 19.4. The molecule has 2 aromatic rings. The Morgan fingerprint density at radius 3 is 1.98 bits per heavy atom. The number of nitrogens with zero attached hydrogens (tertiary/aromatic N) is 2. The summed E-state index contributed by atoms with van der Waals surface area (Å²) in [5, 5.41) is 14.9. The van der Waals surface area contributed by atoms with Gasteiger partial charge in [0.15, 0.2) is 0 Å². The van der Waals surface area contributed by atoms with E-state index >= 15 is 0 Å². The number of ether oxygens (including phenoxy) is 4. The van der Waals surface area contributed by atoms with E-state index in [1.165, 1.54) is 24.3 Å². The van der Waals surface area contributed by atoms with Crippen LogP contribution in [0.3, 0.4) is 0 Å². The fourth-order valence-corrected chi connectivity index (χ4v) is 6.09. The number of benzene rings is 2. The highest BCUT2D eigenvalue weighted by molar-refractivity contribution is 6.22. The molecule has 1 atom stereocenters. The lowest BCUT2D eigenvalue weighted by molar-refractivity contribution is -0.274. The Morgan fingerprint density at radius 2 is 1.46 bits per heavy atom. The molecule has 0 aliphatic carbocycles. The number of carbonyl (C=O) groups excluding carboxylic acids is 3. The normalized spacial score (nSPS) is 22.4. The van der Waals surface area contributed by atoms with Crippen LogP contribution in [-0.2, 0) is 29.4 Å². The Labute approximate surface area is 279 Å². The minimum Gasteiger partial charge on any atom is -0.475 e. The summed E-state index contributed by atoms with van der Waals surface area (Å²) in [7, 11) is 0. The lowest BCUT2D eigenvalue weighted by atomic mass is 9.76. The summed E-state index contributed by atoms with van der Waals surface area (Å²) in [5.41, 5.74) is -1.96. The first-order chi connectivity index (χ1) is 23.5. The molecule has 2 aromatic carbocycles. The zero-order valence-corrected chi connectivity index (χ0v) is 25.9. The van der Waals surface area contributed by atoms with Gasteiger partial charge in [-0.1, -0.05) is 12.1 Å². The summed E-state index contributed by atoms with van der Waals surface area (Å²) in [5.74, 6) is -4.13. The fourth-order valence-electron chi connectivity index (χ4n) is 6.09. The number of alkyl halides is 6. The van der Waals surface area contributed by atoms with Crippen LogP contribution in [0.1, 0.15) is 5.56 Å². The topological polar surface area (TPSA) is 168 Å². The van der Waals surface area contributed by atoms with Crippen LogP contribution >= 0.6 is 0 Å². The number of carbonyl (C=O) groups is 4. The number of amides is 4. The standard InChI is InChI=1S/C28H30F3N5O7.C2HF3O2/c29-28(30,31)43-21-7-5-20(6-8-21)42-19-3-1-18(2-4-19)27(23(37)33-25(39)34-24(27)38)36-15-26(16-36)17-40-12-10-35(26)14-22-13-32-9-11-41-22;3-2(4,5)1(6)7/h1-8,22,32H,9-17H2,(H2,33,34,37,38,39);(H,6,7). The summed E-state index contributed by atoms with van der Waals surface area (Å²) in [6, 6.07) is 10.1. The zero-order valence-electron chi connectivity index (χ0n) is 25.9. The third-order valence-corrected chi connectivity index (χ3v) is 8.34. The van der Waals surface area contributed by atoms with Gasteiger partial charge in [-0.05, 0) is 42.0 Å². The van der Waals surface area contributed by atoms with Crippen LogP contribution < -0.4 is 25.4 Å². The monoisotopic (exact) mass is 719 g/mol. The van der Waals surface area contributed by atoms with Crippen LogP contribution in [0.25, 0.3) is 0 Å². The first-order valence-electron chi connectivity index (χ1n) is 15.0. The molecule has 50 heavy (non-hydrogen) atoms. The Balaban J connectivity index is 0.000000630. The molecular formula is C30H31F6N5O9. The van der Waals surface area contributed by atoms with E-state index in [4.69, 9.17) is 24.1 Å². The number of rotatable bonds is 7. The number of hydrogen-bond donors (Lipinski definition) is 4. The van der Waals surface area contributed by atoms with Crippen LogP contribution in [0, 0.1) is 0 Å². The molecule has 4 saturated heterocycles. The SMILES string of the molecule is O=C(O)C(F)(F)F.O=C1NC(=O)C(c2ccc(Oc3ccc(OC(F)(F)F)cc3)cc2)(N2CC3(COCCN3CC3CNCCO3)C2)C(=O)N1. The highest BCUT2D eigenvalue weighted by Gasteiger charge is 2.64. The van der Waals surface area contributed by atoms with Crippen molar-refractivity contribution in [3.05, 3.63) is 54.1 Å². The second-order valence-corrected chi connectivity index (χ2v) is 11.7. The quantitative estimate of drug-likeness (QED) is 0.243. The van der Waals surface area contributed by atoms with Crippen molar-refractivity contribution >= 4 is 23.8 Å². The number of hydrogen-bond acceptors (Lipinski definition) is 11. The minimum absolute atomic E-state index is 0.00606. The van der Waals surface area contributed by atoms with Crippen LogP contribution in [-0.4, -0.2) is 122 Å². The van der Waals surface area contributed by atoms with Gasteiger partial charge < -0.3 is 29.4 Å². The molecule has 4 fully saturated rings. The van der Waals surface area contributed by atoms with Crippen molar-refractivity contribution in [2.45, 2.75) is 29.7 Å². The third-order valence-electron chi connectivity index (χ3n) is 8.34. The van der Waals surface area contributed by atoms with Gasteiger partial charge in [0.1, 0.15) is 17.2 Å². The van der Waals surface area contributed by atoms with E-state index in [2.05, 4.69) is 25.6 Å². The lowest BCUT2D eigenvalue weighted by Gasteiger charge is -2.62. The van der Waals surface area contributed by atoms with Gasteiger partial charge >= 0.3 is 24.5 Å². The number of urea groups is 1. The maximum atomic E-state index is 13.5. The predicted octanol–water partition coefficient (Wildman–Crippen LogP) is 1.95. The third kappa shape index (κ3) is 8.10. The highest BCUT2D eigenvalue weighted by Crippen LogP contribution is 2.42. The summed E-state index contributed by atoms with van der Waals surface area (Å²) in [4.78, 5) is 52.0. The summed E-state index contributed by atoms with van der Waals surface area (Å²) in [6.45, 7) is 5.13. The zero-order chi connectivity index (χ0) is 36.3. The molecule has 0 saturated carbocycles. The number of imide groups is 2. The van der Waals surface area contributed by atoms with Crippen LogP contribution in [0.5, 0.6) is 17.2 Å². The maximum absolute atomic E-state index is 13.5. The molecule has 1 spiro atoms. The second kappa shape index (κ2) is 14.4. The summed E-state index contributed by atoms with van der Waals surface area (Å²) < 4.78 is 90.4. The van der Waals surface area contributed by atoms with Crippen molar-refractivity contribution in [3.63, 3.8) is 0 Å². The fraction of sp³-hybridized carbons (Fsp3) is 0.467. The summed E-state index contributed by atoms with van der Waals surface area (Å²) >= 11 is 0. The van der Waals surface area contributed by atoms with E-state index in [0.717, 1.165) is 25.2 Å². The Bertz CT molecular complexity index is 1540. The van der Waals surface area contributed by atoms with E-state index in [-0.39, 0.29) is 11.9 Å². The molecule has 272 valence electrons. The molecule has 6 rings (SSSR count). The van der Waals surface area contributed by atoms with Crippen molar-refractivity contribution in [2.75, 3.05) is 59.1 Å². The largest absolute Gasteiger partial charge is 0.573 e. The molecule has 4 amide bonds. The van der Waals surface area contributed by atoms with Crippen molar-refractivity contribution < 1.29 is 69.6 Å². The second-order valence-electron chi connectivity index (χ2n) is 11.7. The number of nitrogens with one attached hydrogen (secondary N) is 3. The number of morpholine rings is 2. The predicted molar refractivity (Wildman–Crippen MR) is 156 cm³/mol. The van der Waals surface area contributed by atoms with Gasteiger partial charge in [-0.25, -0.2) is 9.59 Å². The van der Waals surface area contributed by atoms with E-state index in [1.807, 2.05) is 0 Å². The van der Waals surface area contributed by atoms with Crippen LogP contribution in [0.2, 0.25) is 0 Å².